The minimum absolute atomic E-state index is 0.0389. The molecule has 92 valence electrons. The number of hydrogen-bond acceptors (Lipinski definition) is 3. The second-order valence-corrected chi connectivity index (χ2v) is 4.45. The number of carbonyl (C=O) groups excluding carboxylic acids is 1. The Balaban J connectivity index is 2.36. The highest BCUT2D eigenvalue weighted by atomic mass is 35.5. The van der Waals surface area contributed by atoms with E-state index in [1.54, 1.807) is 12.1 Å². The molecule has 1 saturated heterocycles. The van der Waals surface area contributed by atoms with Gasteiger partial charge in [0.05, 0.1) is 17.2 Å². The van der Waals surface area contributed by atoms with Crippen molar-refractivity contribution in [3.63, 3.8) is 0 Å². The van der Waals surface area contributed by atoms with Crippen LogP contribution in [-0.4, -0.2) is 23.5 Å². The number of nitriles is 1. The third-order valence-electron chi connectivity index (χ3n) is 2.84. The largest absolute Gasteiger partial charge is 0.481 e. The molecule has 1 aliphatic heterocycles. The number of aliphatic carboxylic acids is 1. The molecule has 1 heterocycles. The second-order valence-electron chi connectivity index (χ2n) is 4.02. The van der Waals surface area contributed by atoms with Gasteiger partial charge in [0.15, 0.2) is 0 Å². The maximum absolute atomic E-state index is 11.8. The normalized spacial score (nSPS) is 18.8. The standard InChI is InChI=1S/C12H9ClN2O3/c13-9-1-2-10(7(3-9)5-14)15-6-8(12(17)18)4-11(15)16/h1-3,8H,4,6H2,(H,17,18). The minimum atomic E-state index is -1.00. The fourth-order valence-corrected chi connectivity index (χ4v) is 2.11. The summed E-state index contributed by atoms with van der Waals surface area (Å²) in [4.78, 5) is 24.0. The molecule has 1 aliphatic rings. The first kappa shape index (κ1) is 12.4. The molecular weight excluding hydrogens is 256 g/mol. The number of carboxylic acid groups (broad SMARTS) is 1. The maximum Gasteiger partial charge on any atom is 0.308 e. The van der Waals surface area contributed by atoms with Gasteiger partial charge < -0.3 is 10.0 Å². The Morgan fingerprint density at radius 3 is 2.83 bits per heavy atom. The third kappa shape index (κ3) is 2.15. The van der Waals surface area contributed by atoms with Crippen LogP contribution in [0.2, 0.25) is 5.02 Å². The van der Waals surface area contributed by atoms with Gasteiger partial charge in [-0.15, -0.1) is 0 Å². The highest BCUT2D eigenvalue weighted by Crippen LogP contribution is 2.29. The molecule has 6 heteroatoms. The molecule has 0 spiro atoms. The van der Waals surface area contributed by atoms with Crippen molar-refractivity contribution in [3.05, 3.63) is 28.8 Å². The van der Waals surface area contributed by atoms with Crippen LogP contribution in [0.4, 0.5) is 5.69 Å². The van der Waals surface area contributed by atoms with E-state index < -0.39 is 11.9 Å². The molecule has 1 fully saturated rings. The lowest BCUT2D eigenvalue weighted by Gasteiger charge is -2.17. The summed E-state index contributed by atoms with van der Waals surface area (Å²) in [5.41, 5.74) is 0.678. The van der Waals surface area contributed by atoms with E-state index in [0.29, 0.717) is 10.7 Å². The first-order valence-electron chi connectivity index (χ1n) is 5.25. The smallest absolute Gasteiger partial charge is 0.308 e. The van der Waals surface area contributed by atoms with Gasteiger partial charge in [-0.05, 0) is 18.2 Å². The van der Waals surface area contributed by atoms with Crippen LogP contribution in [0.1, 0.15) is 12.0 Å². The number of hydrogen-bond donors (Lipinski definition) is 1. The lowest BCUT2D eigenvalue weighted by atomic mass is 10.1. The van der Waals surface area contributed by atoms with Gasteiger partial charge in [-0.1, -0.05) is 11.6 Å². The summed E-state index contributed by atoms with van der Waals surface area (Å²) in [6.45, 7) is 0.0878. The molecule has 1 aromatic rings. The number of amides is 1. The van der Waals surface area contributed by atoms with Crippen molar-refractivity contribution in [2.75, 3.05) is 11.4 Å². The van der Waals surface area contributed by atoms with Gasteiger partial charge in [0.2, 0.25) is 5.91 Å². The van der Waals surface area contributed by atoms with E-state index in [2.05, 4.69) is 0 Å². The number of halogens is 1. The Kier molecular flexibility index (Phi) is 3.21. The van der Waals surface area contributed by atoms with E-state index >= 15 is 0 Å². The molecule has 2 rings (SSSR count). The van der Waals surface area contributed by atoms with Gasteiger partial charge in [-0.3, -0.25) is 9.59 Å². The summed E-state index contributed by atoms with van der Waals surface area (Å²) >= 11 is 5.77. The van der Waals surface area contributed by atoms with Crippen LogP contribution in [0, 0.1) is 17.2 Å². The van der Waals surface area contributed by atoms with Crippen LogP contribution in [0.3, 0.4) is 0 Å². The lowest BCUT2D eigenvalue weighted by Crippen LogP contribution is -2.26. The zero-order valence-corrected chi connectivity index (χ0v) is 10.0. The maximum atomic E-state index is 11.8. The summed E-state index contributed by atoms with van der Waals surface area (Å²) < 4.78 is 0. The summed E-state index contributed by atoms with van der Waals surface area (Å²) in [5.74, 6) is -2.01. The monoisotopic (exact) mass is 264 g/mol. The van der Waals surface area contributed by atoms with E-state index in [-0.39, 0.29) is 24.4 Å². The Labute approximate surface area is 108 Å². The average Bonchev–Trinajstić information content (AvgIpc) is 2.71. The Morgan fingerprint density at radius 1 is 1.56 bits per heavy atom. The van der Waals surface area contributed by atoms with Crippen molar-refractivity contribution in [2.24, 2.45) is 5.92 Å². The zero-order valence-electron chi connectivity index (χ0n) is 9.26. The summed E-state index contributed by atoms with van der Waals surface area (Å²) in [6.07, 6.45) is -0.0389. The van der Waals surface area contributed by atoms with Crippen molar-refractivity contribution in [2.45, 2.75) is 6.42 Å². The number of rotatable bonds is 2. The van der Waals surface area contributed by atoms with Crippen LogP contribution in [0.25, 0.3) is 0 Å². The number of anilines is 1. The zero-order chi connectivity index (χ0) is 13.3. The van der Waals surface area contributed by atoms with E-state index in [4.69, 9.17) is 22.0 Å². The highest BCUT2D eigenvalue weighted by Gasteiger charge is 2.35. The van der Waals surface area contributed by atoms with Crippen molar-refractivity contribution in [1.29, 1.82) is 5.26 Å². The molecule has 1 N–H and O–H groups in total. The molecule has 1 unspecified atom stereocenters. The molecule has 18 heavy (non-hydrogen) atoms. The van der Waals surface area contributed by atoms with Crippen molar-refractivity contribution < 1.29 is 14.7 Å². The molecule has 1 aromatic carbocycles. The summed E-state index contributed by atoms with van der Waals surface area (Å²) in [5, 5.41) is 18.3. The summed E-state index contributed by atoms with van der Waals surface area (Å²) in [6, 6.07) is 6.54. The lowest BCUT2D eigenvalue weighted by molar-refractivity contribution is -0.141. The van der Waals surface area contributed by atoms with E-state index in [9.17, 15) is 9.59 Å². The number of benzene rings is 1. The molecule has 1 amide bonds. The van der Waals surface area contributed by atoms with E-state index in [1.165, 1.54) is 11.0 Å². The van der Waals surface area contributed by atoms with Gasteiger partial charge >= 0.3 is 5.97 Å². The Morgan fingerprint density at radius 2 is 2.28 bits per heavy atom. The molecular formula is C12H9ClN2O3. The molecule has 0 radical (unpaired) electrons. The topological polar surface area (TPSA) is 81.4 Å². The van der Waals surface area contributed by atoms with Crippen LogP contribution < -0.4 is 4.90 Å². The highest BCUT2D eigenvalue weighted by molar-refractivity contribution is 6.30. The van der Waals surface area contributed by atoms with Crippen molar-refractivity contribution in [3.8, 4) is 6.07 Å². The van der Waals surface area contributed by atoms with Gasteiger partial charge in [0.25, 0.3) is 0 Å². The predicted molar refractivity (Wildman–Crippen MR) is 64.3 cm³/mol. The predicted octanol–water partition coefficient (Wildman–Crippen LogP) is 1.65. The number of nitrogens with zero attached hydrogens (tertiary/aromatic N) is 2. The molecule has 0 aromatic heterocycles. The molecule has 5 nitrogen and oxygen atoms in total. The first-order valence-corrected chi connectivity index (χ1v) is 5.63. The van der Waals surface area contributed by atoms with E-state index in [0.717, 1.165) is 0 Å². The molecule has 1 atom stereocenters. The van der Waals surface area contributed by atoms with Crippen LogP contribution in [0.15, 0.2) is 18.2 Å². The van der Waals surface area contributed by atoms with Gasteiger partial charge in [0.1, 0.15) is 6.07 Å². The molecule has 0 saturated carbocycles. The minimum Gasteiger partial charge on any atom is -0.481 e. The van der Waals surface area contributed by atoms with Crippen molar-refractivity contribution in [1.82, 2.24) is 0 Å². The molecule has 0 bridgehead atoms. The van der Waals surface area contributed by atoms with Crippen LogP contribution >= 0.6 is 11.6 Å². The van der Waals surface area contributed by atoms with E-state index in [1.807, 2.05) is 6.07 Å². The molecule has 0 aliphatic carbocycles. The number of carbonyl (C=O) groups is 2. The van der Waals surface area contributed by atoms with Crippen LogP contribution in [0.5, 0.6) is 0 Å². The Hall–Kier alpha value is -2.06. The third-order valence-corrected chi connectivity index (χ3v) is 3.08. The first-order chi connectivity index (χ1) is 8.52. The second kappa shape index (κ2) is 4.67. The van der Waals surface area contributed by atoms with Crippen LogP contribution in [-0.2, 0) is 9.59 Å². The van der Waals surface area contributed by atoms with Crippen molar-refractivity contribution >= 4 is 29.2 Å². The van der Waals surface area contributed by atoms with Gasteiger partial charge in [-0.2, -0.15) is 5.26 Å². The SMILES string of the molecule is N#Cc1cc(Cl)ccc1N1CC(C(=O)O)CC1=O. The quantitative estimate of drug-likeness (QED) is 0.880. The average molecular weight is 265 g/mol. The van der Waals surface area contributed by atoms with Gasteiger partial charge in [-0.25, -0.2) is 0 Å². The number of carboxylic acids is 1. The fourth-order valence-electron chi connectivity index (χ4n) is 1.94. The van der Waals surface area contributed by atoms with Gasteiger partial charge in [0, 0.05) is 18.0 Å². The summed E-state index contributed by atoms with van der Waals surface area (Å²) in [7, 11) is 0. The Bertz CT molecular complexity index is 565. The fraction of sp³-hybridized carbons (Fsp3) is 0.250.